The van der Waals surface area contributed by atoms with Crippen LogP contribution in [0, 0.1) is 11.8 Å². The van der Waals surface area contributed by atoms with Crippen LogP contribution in [0.4, 0.5) is 0 Å². The maximum Gasteiger partial charge on any atom is 0.303 e. The molecule has 1 aliphatic heterocycles. The Labute approximate surface area is 145 Å². The summed E-state index contributed by atoms with van der Waals surface area (Å²) in [7, 11) is 0. The van der Waals surface area contributed by atoms with Gasteiger partial charge in [-0.3, -0.25) is 9.59 Å². The van der Waals surface area contributed by atoms with E-state index in [-0.39, 0.29) is 6.61 Å². The fraction of sp³-hybridized carbons (Fsp3) is 0.333. The van der Waals surface area contributed by atoms with Crippen molar-refractivity contribution < 1.29 is 23.8 Å². The SMILES string of the molecule is CC(=O)OC[C@H]1O[C@H](C#Cc2ccccc2Cl)C=C[C@@H]1OC(C)=O. The van der Waals surface area contributed by atoms with Gasteiger partial charge < -0.3 is 14.2 Å². The molecule has 1 aromatic carbocycles. The second-order valence-corrected chi connectivity index (χ2v) is 5.51. The van der Waals surface area contributed by atoms with Crippen molar-refractivity contribution in [2.24, 2.45) is 0 Å². The Morgan fingerprint density at radius 2 is 1.96 bits per heavy atom. The molecule has 0 amide bonds. The molecule has 0 N–H and O–H groups in total. The normalized spacial score (nSPS) is 22.2. The minimum atomic E-state index is -0.625. The van der Waals surface area contributed by atoms with Gasteiger partial charge in [0.05, 0.1) is 5.02 Å². The van der Waals surface area contributed by atoms with E-state index in [1.165, 1.54) is 13.8 Å². The Bertz CT molecular complexity index is 701. The molecule has 0 saturated heterocycles. The van der Waals surface area contributed by atoms with Gasteiger partial charge >= 0.3 is 11.9 Å². The summed E-state index contributed by atoms with van der Waals surface area (Å²) in [5, 5.41) is 0.555. The highest BCUT2D eigenvalue weighted by Gasteiger charge is 2.30. The van der Waals surface area contributed by atoms with Gasteiger partial charge in [0.2, 0.25) is 0 Å². The highest BCUT2D eigenvalue weighted by Crippen LogP contribution is 2.18. The van der Waals surface area contributed by atoms with Crippen molar-refractivity contribution in [3.63, 3.8) is 0 Å². The molecule has 0 spiro atoms. The topological polar surface area (TPSA) is 61.8 Å². The van der Waals surface area contributed by atoms with Crippen LogP contribution < -0.4 is 0 Å². The van der Waals surface area contributed by atoms with Gasteiger partial charge in [0.25, 0.3) is 0 Å². The number of halogens is 1. The minimum absolute atomic E-state index is 0.0259. The van der Waals surface area contributed by atoms with E-state index in [0.29, 0.717) is 10.6 Å². The first-order chi connectivity index (χ1) is 11.5. The van der Waals surface area contributed by atoms with Crippen molar-refractivity contribution in [3.8, 4) is 11.8 Å². The van der Waals surface area contributed by atoms with Crippen LogP contribution in [0.25, 0.3) is 0 Å². The fourth-order valence-corrected chi connectivity index (χ4v) is 2.26. The zero-order valence-corrected chi connectivity index (χ0v) is 14.1. The standard InChI is InChI=1S/C18H17ClO5/c1-12(20)22-11-18-17(23-13(2)21)10-9-15(24-18)8-7-14-5-3-4-6-16(14)19/h3-6,9-10,15,17-18H,11H2,1-2H3/t15-,17+,18-/m1/s1. The number of hydrogen-bond donors (Lipinski definition) is 0. The molecule has 2 rings (SSSR count). The number of esters is 2. The zero-order valence-electron chi connectivity index (χ0n) is 13.3. The van der Waals surface area contributed by atoms with Gasteiger partial charge in [-0.2, -0.15) is 0 Å². The first-order valence-electron chi connectivity index (χ1n) is 7.36. The highest BCUT2D eigenvalue weighted by atomic mass is 35.5. The lowest BCUT2D eigenvalue weighted by Crippen LogP contribution is -2.41. The Hall–Kier alpha value is -2.29. The van der Waals surface area contributed by atoms with E-state index in [0.717, 1.165) is 0 Å². The second-order valence-electron chi connectivity index (χ2n) is 5.11. The van der Waals surface area contributed by atoms with Crippen LogP contribution in [0.1, 0.15) is 19.4 Å². The van der Waals surface area contributed by atoms with Crippen molar-refractivity contribution >= 4 is 23.5 Å². The maximum atomic E-state index is 11.2. The molecule has 0 aliphatic carbocycles. The van der Waals surface area contributed by atoms with Crippen molar-refractivity contribution in [2.75, 3.05) is 6.61 Å². The number of rotatable bonds is 3. The van der Waals surface area contributed by atoms with Gasteiger partial charge in [-0.1, -0.05) is 35.6 Å². The van der Waals surface area contributed by atoms with Gasteiger partial charge in [-0.25, -0.2) is 0 Å². The molecule has 0 radical (unpaired) electrons. The molecule has 24 heavy (non-hydrogen) atoms. The first kappa shape index (κ1) is 18.1. The molecule has 1 aliphatic rings. The predicted octanol–water partition coefficient (Wildman–Crippen LogP) is 2.51. The smallest absolute Gasteiger partial charge is 0.303 e. The lowest BCUT2D eigenvalue weighted by atomic mass is 10.1. The lowest BCUT2D eigenvalue weighted by Gasteiger charge is -2.29. The second kappa shape index (κ2) is 8.53. The summed E-state index contributed by atoms with van der Waals surface area (Å²) < 4.78 is 15.9. The van der Waals surface area contributed by atoms with E-state index in [9.17, 15) is 9.59 Å². The monoisotopic (exact) mass is 348 g/mol. The van der Waals surface area contributed by atoms with Crippen LogP contribution >= 0.6 is 11.6 Å². The third kappa shape index (κ3) is 5.41. The van der Waals surface area contributed by atoms with E-state index in [1.54, 1.807) is 24.3 Å². The number of hydrogen-bond acceptors (Lipinski definition) is 5. The molecular formula is C18H17ClO5. The van der Waals surface area contributed by atoms with Crippen molar-refractivity contribution in [1.29, 1.82) is 0 Å². The lowest BCUT2D eigenvalue weighted by molar-refractivity contribution is -0.161. The average Bonchev–Trinajstić information content (AvgIpc) is 2.53. The molecule has 0 unspecified atom stereocenters. The van der Waals surface area contributed by atoms with Crippen LogP contribution in [0.5, 0.6) is 0 Å². The maximum absolute atomic E-state index is 11.2. The van der Waals surface area contributed by atoms with Gasteiger partial charge in [-0.05, 0) is 24.3 Å². The molecule has 126 valence electrons. The summed E-state index contributed by atoms with van der Waals surface area (Å²) in [6, 6.07) is 7.22. The van der Waals surface area contributed by atoms with Crippen LogP contribution in [0.15, 0.2) is 36.4 Å². The van der Waals surface area contributed by atoms with E-state index in [4.69, 9.17) is 25.8 Å². The largest absolute Gasteiger partial charge is 0.463 e. The third-order valence-electron chi connectivity index (χ3n) is 3.14. The molecule has 6 heteroatoms. The minimum Gasteiger partial charge on any atom is -0.463 e. The predicted molar refractivity (Wildman–Crippen MR) is 88.3 cm³/mol. The Morgan fingerprint density at radius 3 is 2.62 bits per heavy atom. The molecule has 0 saturated carbocycles. The summed E-state index contributed by atoms with van der Waals surface area (Å²) >= 11 is 6.06. The first-order valence-corrected chi connectivity index (χ1v) is 7.74. The van der Waals surface area contributed by atoms with E-state index in [1.807, 2.05) is 12.1 Å². The van der Waals surface area contributed by atoms with E-state index in [2.05, 4.69) is 11.8 Å². The number of carbonyl (C=O) groups is 2. The molecule has 0 fully saturated rings. The van der Waals surface area contributed by atoms with Crippen molar-refractivity contribution in [1.82, 2.24) is 0 Å². The Morgan fingerprint density at radius 1 is 1.21 bits per heavy atom. The number of ether oxygens (including phenoxy) is 3. The summed E-state index contributed by atoms with van der Waals surface area (Å²) in [5.41, 5.74) is 0.690. The summed E-state index contributed by atoms with van der Waals surface area (Å²) in [4.78, 5) is 22.2. The molecule has 1 heterocycles. The average molecular weight is 349 g/mol. The Kier molecular flexibility index (Phi) is 6.42. The molecule has 3 atom stereocenters. The van der Waals surface area contributed by atoms with Crippen molar-refractivity contribution in [3.05, 3.63) is 47.0 Å². The molecule has 1 aromatic rings. The third-order valence-corrected chi connectivity index (χ3v) is 3.47. The molecule has 0 bridgehead atoms. The summed E-state index contributed by atoms with van der Waals surface area (Å²) in [6.07, 6.45) is 1.62. The van der Waals surface area contributed by atoms with Crippen LogP contribution in [-0.2, 0) is 23.8 Å². The van der Waals surface area contributed by atoms with Crippen molar-refractivity contribution in [2.45, 2.75) is 32.2 Å². The Balaban J connectivity index is 2.11. The van der Waals surface area contributed by atoms with Crippen LogP contribution in [-0.4, -0.2) is 36.9 Å². The molecular weight excluding hydrogens is 332 g/mol. The van der Waals surface area contributed by atoms with E-state index >= 15 is 0 Å². The zero-order chi connectivity index (χ0) is 17.5. The summed E-state index contributed by atoms with van der Waals surface area (Å²) in [6.45, 7) is 2.58. The van der Waals surface area contributed by atoms with Gasteiger partial charge in [0, 0.05) is 19.4 Å². The van der Waals surface area contributed by atoms with Gasteiger partial charge in [0.15, 0.2) is 0 Å². The van der Waals surface area contributed by atoms with Crippen LogP contribution in [0.2, 0.25) is 5.02 Å². The highest BCUT2D eigenvalue weighted by molar-refractivity contribution is 6.31. The summed E-state index contributed by atoms with van der Waals surface area (Å²) in [5.74, 6) is 5.02. The quantitative estimate of drug-likeness (QED) is 0.477. The molecule has 0 aromatic heterocycles. The number of benzene rings is 1. The molecule has 5 nitrogen and oxygen atoms in total. The van der Waals surface area contributed by atoms with E-state index < -0.39 is 30.3 Å². The van der Waals surface area contributed by atoms with Gasteiger partial charge in [-0.15, -0.1) is 0 Å². The van der Waals surface area contributed by atoms with Gasteiger partial charge in [0.1, 0.15) is 24.9 Å². The van der Waals surface area contributed by atoms with Crippen LogP contribution in [0.3, 0.4) is 0 Å². The number of carbonyl (C=O) groups excluding carboxylic acids is 2. The fourth-order valence-electron chi connectivity index (χ4n) is 2.08.